The highest BCUT2D eigenvalue weighted by molar-refractivity contribution is 5.92. The number of hydrogen-bond donors (Lipinski definition) is 2. The van der Waals surface area contributed by atoms with Gasteiger partial charge in [-0.25, -0.2) is 9.50 Å². The molecule has 1 aliphatic heterocycles. The summed E-state index contributed by atoms with van der Waals surface area (Å²) in [5, 5.41) is 17.0. The zero-order valence-electron chi connectivity index (χ0n) is 20.6. The second kappa shape index (κ2) is 10.2. The minimum atomic E-state index is -0.309. The smallest absolute Gasteiger partial charge is 0.270 e. The third kappa shape index (κ3) is 5.08. The van der Waals surface area contributed by atoms with E-state index >= 15 is 0 Å². The lowest BCUT2D eigenvalue weighted by molar-refractivity contribution is 0.0886. The summed E-state index contributed by atoms with van der Waals surface area (Å²) in [6, 6.07) is 13.4. The first-order valence-electron chi connectivity index (χ1n) is 12.2. The molecule has 1 amide bonds. The largest absolute Gasteiger partial charge is 0.491 e. The number of hydrogen-bond acceptors (Lipinski definition) is 8. The molecule has 0 radical (unpaired) electrons. The molecule has 1 saturated heterocycles. The number of fused-ring (bicyclic) bond motifs is 1. The van der Waals surface area contributed by atoms with Crippen LogP contribution in [-0.4, -0.2) is 57.3 Å². The first kappa shape index (κ1) is 24.2. The van der Waals surface area contributed by atoms with Crippen LogP contribution in [0, 0.1) is 11.3 Å². The van der Waals surface area contributed by atoms with Crippen molar-refractivity contribution in [1.29, 1.82) is 5.26 Å². The number of carbonyl (C=O) groups is 1. The molecule has 0 atom stereocenters. The number of amides is 1. The van der Waals surface area contributed by atoms with Crippen LogP contribution in [0.15, 0.2) is 61.2 Å². The standard InChI is InChI=1S/C27H28N8O2/c1-27(33-26(36)23-4-2-3-10-30-23)7-11-34(12-8-27)24-6-5-19(16-31-24)22-14-21(37-13-9-28)18-35-25(22)20(15-29)17-32-35/h2-6,10,14,16-18H,7-9,11-13,28H2,1H3,(H,33,36). The number of rotatable bonds is 7. The zero-order chi connectivity index (χ0) is 25.8. The number of ether oxygens (including phenoxy) is 1. The molecule has 1 fully saturated rings. The maximum absolute atomic E-state index is 12.6. The van der Waals surface area contributed by atoms with Crippen molar-refractivity contribution in [2.45, 2.75) is 25.3 Å². The highest BCUT2D eigenvalue weighted by Gasteiger charge is 2.32. The van der Waals surface area contributed by atoms with Crippen molar-refractivity contribution in [1.82, 2.24) is 24.9 Å². The van der Waals surface area contributed by atoms with Crippen LogP contribution in [-0.2, 0) is 0 Å². The predicted octanol–water partition coefficient (Wildman–Crippen LogP) is 2.79. The monoisotopic (exact) mass is 496 g/mol. The van der Waals surface area contributed by atoms with Gasteiger partial charge in [0.15, 0.2) is 0 Å². The van der Waals surface area contributed by atoms with Gasteiger partial charge >= 0.3 is 0 Å². The first-order chi connectivity index (χ1) is 18.0. The maximum Gasteiger partial charge on any atom is 0.270 e. The number of aromatic nitrogens is 4. The number of pyridine rings is 3. The molecular formula is C27H28N8O2. The summed E-state index contributed by atoms with van der Waals surface area (Å²) >= 11 is 0. The average molecular weight is 497 g/mol. The van der Waals surface area contributed by atoms with Gasteiger partial charge in [-0.05, 0) is 50.1 Å². The normalized spacial score (nSPS) is 14.8. The fraction of sp³-hybridized carbons (Fsp3) is 0.296. The first-order valence-corrected chi connectivity index (χ1v) is 12.2. The summed E-state index contributed by atoms with van der Waals surface area (Å²) in [6.45, 7) is 4.38. The fourth-order valence-corrected chi connectivity index (χ4v) is 4.58. The number of anilines is 1. The summed E-state index contributed by atoms with van der Waals surface area (Å²) < 4.78 is 7.38. The van der Waals surface area contributed by atoms with E-state index < -0.39 is 0 Å². The van der Waals surface area contributed by atoms with Crippen molar-refractivity contribution in [3.63, 3.8) is 0 Å². The Morgan fingerprint density at radius 3 is 2.73 bits per heavy atom. The molecule has 3 N–H and O–H groups in total. The van der Waals surface area contributed by atoms with Crippen molar-refractivity contribution in [2.75, 3.05) is 31.1 Å². The van der Waals surface area contributed by atoms with Gasteiger partial charge in [-0.2, -0.15) is 10.4 Å². The molecule has 10 heteroatoms. The van der Waals surface area contributed by atoms with Crippen LogP contribution in [0.5, 0.6) is 5.75 Å². The molecule has 37 heavy (non-hydrogen) atoms. The second-order valence-corrected chi connectivity index (χ2v) is 9.31. The quantitative estimate of drug-likeness (QED) is 0.399. The molecule has 1 aliphatic rings. The fourth-order valence-electron chi connectivity index (χ4n) is 4.58. The van der Waals surface area contributed by atoms with Gasteiger partial charge in [-0.15, -0.1) is 0 Å². The number of nitrogens with one attached hydrogen (secondary N) is 1. The Hall–Kier alpha value is -4.49. The van der Waals surface area contributed by atoms with E-state index in [1.165, 1.54) is 0 Å². The van der Waals surface area contributed by atoms with E-state index in [4.69, 9.17) is 15.5 Å². The Kier molecular flexibility index (Phi) is 6.70. The van der Waals surface area contributed by atoms with E-state index in [1.807, 2.05) is 30.5 Å². The topological polar surface area (TPSA) is 134 Å². The van der Waals surface area contributed by atoms with E-state index in [1.54, 1.807) is 35.2 Å². The van der Waals surface area contributed by atoms with E-state index in [0.717, 1.165) is 42.9 Å². The van der Waals surface area contributed by atoms with Crippen molar-refractivity contribution in [3.05, 3.63) is 72.4 Å². The van der Waals surface area contributed by atoms with E-state index in [2.05, 4.69) is 33.3 Å². The maximum atomic E-state index is 12.6. The lowest BCUT2D eigenvalue weighted by Gasteiger charge is -2.40. The molecule has 0 bridgehead atoms. The molecule has 4 aromatic rings. The highest BCUT2D eigenvalue weighted by Crippen LogP contribution is 2.32. The minimum Gasteiger partial charge on any atom is -0.491 e. The highest BCUT2D eigenvalue weighted by atomic mass is 16.5. The molecular weight excluding hydrogens is 468 g/mol. The van der Waals surface area contributed by atoms with Gasteiger partial charge in [-0.3, -0.25) is 9.78 Å². The van der Waals surface area contributed by atoms with Crippen molar-refractivity contribution >= 4 is 17.2 Å². The third-order valence-corrected chi connectivity index (χ3v) is 6.66. The Bertz CT molecular complexity index is 1440. The van der Waals surface area contributed by atoms with Crippen LogP contribution < -0.4 is 20.7 Å². The third-order valence-electron chi connectivity index (χ3n) is 6.66. The number of nitrogens with two attached hydrogens (primary N) is 1. The molecule has 10 nitrogen and oxygen atoms in total. The minimum absolute atomic E-state index is 0.153. The second-order valence-electron chi connectivity index (χ2n) is 9.31. The number of piperidine rings is 1. The number of nitrogens with zero attached hydrogens (tertiary/aromatic N) is 6. The van der Waals surface area contributed by atoms with Gasteiger partial charge in [-0.1, -0.05) is 6.07 Å². The molecule has 188 valence electrons. The van der Waals surface area contributed by atoms with Crippen LogP contribution in [0.2, 0.25) is 0 Å². The van der Waals surface area contributed by atoms with E-state index in [-0.39, 0.29) is 11.4 Å². The lowest BCUT2D eigenvalue weighted by atomic mass is 9.89. The zero-order valence-corrected chi connectivity index (χ0v) is 20.6. The summed E-state index contributed by atoms with van der Waals surface area (Å²) in [7, 11) is 0. The van der Waals surface area contributed by atoms with Crippen molar-refractivity contribution in [2.24, 2.45) is 5.73 Å². The van der Waals surface area contributed by atoms with Crippen LogP contribution in [0.1, 0.15) is 35.8 Å². The molecule has 0 spiro atoms. The Labute approximate surface area is 214 Å². The lowest BCUT2D eigenvalue weighted by Crippen LogP contribution is -2.53. The van der Waals surface area contributed by atoms with Gasteiger partial charge in [0.1, 0.15) is 29.9 Å². The molecule has 0 aromatic carbocycles. The van der Waals surface area contributed by atoms with Crippen LogP contribution in [0.4, 0.5) is 5.82 Å². The van der Waals surface area contributed by atoms with E-state index in [0.29, 0.717) is 35.7 Å². The summed E-state index contributed by atoms with van der Waals surface area (Å²) in [5.41, 5.74) is 8.55. The van der Waals surface area contributed by atoms with Gasteiger partial charge < -0.3 is 20.7 Å². The molecule has 5 heterocycles. The van der Waals surface area contributed by atoms with Gasteiger partial charge in [0.2, 0.25) is 0 Å². The molecule has 0 aliphatic carbocycles. The molecule has 5 rings (SSSR count). The van der Waals surface area contributed by atoms with Crippen LogP contribution in [0.3, 0.4) is 0 Å². The Morgan fingerprint density at radius 2 is 2.05 bits per heavy atom. The van der Waals surface area contributed by atoms with Gasteiger partial charge in [0.05, 0.1) is 23.5 Å². The summed E-state index contributed by atoms with van der Waals surface area (Å²) in [4.78, 5) is 23.7. The number of carbonyl (C=O) groups excluding carboxylic acids is 1. The van der Waals surface area contributed by atoms with E-state index in [9.17, 15) is 10.1 Å². The van der Waals surface area contributed by atoms with Gasteiger partial charge in [0, 0.05) is 48.7 Å². The van der Waals surface area contributed by atoms with Crippen LogP contribution in [0.25, 0.3) is 16.6 Å². The SMILES string of the molecule is CC1(NC(=O)c2ccccn2)CCN(c2ccc(-c3cc(OCCN)cn4ncc(C#N)c34)cn2)CC1. The van der Waals surface area contributed by atoms with Gasteiger partial charge in [0.25, 0.3) is 5.91 Å². The summed E-state index contributed by atoms with van der Waals surface area (Å²) in [6.07, 6.45) is 8.30. The predicted molar refractivity (Wildman–Crippen MR) is 139 cm³/mol. The van der Waals surface area contributed by atoms with Crippen molar-refractivity contribution in [3.8, 4) is 22.9 Å². The molecule has 0 saturated carbocycles. The molecule has 4 aromatic heterocycles. The summed E-state index contributed by atoms with van der Waals surface area (Å²) in [5.74, 6) is 1.33. The molecule has 0 unspecified atom stereocenters. The van der Waals surface area contributed by atoms with Crippen LogP contribution >= 0.6 is 0 Å². The Balaban J connectivity index is 1.32. The Morgan fingerprint density at radius 1 is 1.22 bits per heavy atom. The average Bonchev–Trinajstić information content (AvgIpc) is 3.35. The number of nitriles is 1. The van der Waals surface area contributed by atoms with Crippen molar-refractivity contribution < 1.29 is 9.53 Å².